The molecule has 0 fully saturated rings. The number of aryl methyl sites for hydroxylation is 1. The van der Waals surface area contributed by atoms with Crippen molar-refractivity contribution in [2.75, 3.05) is 14.2 Å². The lowest BCUT2D eigenvalue weighted by Crippen LogP contribution is -1.85. The Bertz CT molecular complexity index is 460. The molecular weight excluding hydrogens is 196 g/mol. The number of thiophene rings is 1. The SMILES string of the molecule is COc1cc2ccc(OC)c(C)c2s1. The molecule has 14 heavy (non-hydrogen) atoms. The molecule has 2 nitrogen and oxygen atoms in total. The van der Waals surface area contributed by atoms with Gasteiger partial charge in [0.2, 0.25) is 0 Å². The highest BCUT2D eigenvalue weighted by molar-refractivity contribution is 7.21. The normalized spacial score (nSPS) is 10.5. The van der Waals surface area contributed by atoms with Gasteiger partial charge in [-0.2, -0.15) is 0 Å². The first-order valence-electron chi connectivity index (χ1n) is 4.37. The molecule has 0 saturated carbocycles. The van der Waals surface area contributed by atoms with E-state index in [1.54, 1.807) is 25.6 Å². The van der Waals surface area contributed by atoms with Crippen molar-refractivity contribution >= 4 is 21.4 Å². The molecule has 0 amide bonds. The molecular formula is C11H12O2S. The van der Waals surface area contributed by atoms with Gasteiger partial charge in [0.25, 0.3) is 0 Å². The van der Waals surface area contributed by atoms with Gasteiger partial charge in [-0.25, -0.2) is 0 Å². The van der Waals surface area contributed by atoms with E-state index in [1.807, 2.05) is 12.1 Å². The molecule has 0 unspecified atom stereocenters. The molecule has 2 rings (SSSR count). The van der Waals surface area contributed by atoms with Crippen LogP contribution in [0.4, 0.5) is 0 Å². The van der Waals surface area contributed by atoms with Crippen LogP contribution in [0.25, 0.3) is 10.1 Å². The topological polar surface area (TPSA) is 18.5 Å². The Hall–Kier alpha value is -1.22. The molecule has 0 saturated heterocycles. The summed E-state index contributed by atoms with van der Waals surface area (Å²) in [5.74, 6) is 0.932. The highest BCUT2D eigenvalue weighted by Crippen LogP contribution is 2.37. The number of methoxy groups -OCH3 is 2. The van der Waals surface area contributed by atoms with Crippen LogP contribution in [0.2, 0.25) is 0 Å². The van der Waals surface area contributed by atoms with Gasteiger partial charge in [-0.1, -0.05) is 11.3 Å². The Morgan fingerprint density at radius 1 is 1.14 bits per heavy atom. The van der Waals surface area contributed by atoms with Crippen molar-refractivity contribution < 1.29 is 9.47 Å². The summed E-state index contributed by atoms with van der Waals surface area (Å²) < 4.78 is 11.7. The predicted molar refractivity (Wildman–Crippen MR) is 59.7 cm³/mol. The Balaban J connectivity index is 2.68. The van der Waals surface area contributed by atoms with Gasteiger partial charge in [0.15, 0.2) is 5.06 Å². The van der Waals surface area contributed by atoms with Crippen molar-refractivity contribution in [3.8, 4) is 10.8 Å². The maximum atomic E-state index is 5.26. The largest absolute Gasteiger partial charge is 0.496 e. The van der Waals surface area contributed by atoms with Crippen molar-refractivity contribution in [1.82, 2.24) is 0 Å². The number of ether oxygens (including phenoxy) is 2. The van der Waals surface area contributed by atoms with E-state index in [4.69, 9.17) is 9.47 Å². The van der Waals surface area contributed by atoms with Crippen molar-refractivity contribution in [3.63, 3.8) is 0 Å². The van der Waals surface area contributed by atoms with Crippen LogP contribution in [-0.2, 0) is 0 Å². The minimum Gasteiger partial charge on any atom is -0.496 e. The minimum absolute atomic E-state index is 0.932. The molecule has 0 aliphatic heterocycles. The number of hydrogen-bond donors (Lipinski definition) is 0. The van der Waals surface area contributed by atoms with Crippen LogP contribution in [0.15, 0.2) is 18.2 Å². The maximum Gasteiger partial charge on any atom is 0.174 e. The van der Waals surface area contributed by atoms with E-state index in [2.05, 4.69) is 13.0 Å². The second-order valence-corrected chi connectivity index (χ2v) is 4.10. The van der Waals surface area contributed by atoms with E-state index >= 15 is 0 Å². The summed E-state index contributed by atoms with van der Waals surface area (Å²) in [5.41, 5.74) is 1.18. The first kappa shape index (κ1) is 9.34. The number of hydrogen-bond acceptors (Lipinski definition) is 3. The summed E-state index contributed by atoms with van der Waals surface area (Å²) in [6.45, 7) is 2.07. The van der Waals surface area contributed by atoms with Crippen molar-refractivity contribution in [2.45, 2.75) is 6.92 Å². The van der Waals surface area contributed by atoms with Crippen LogP contribution in [-0.4, -0.2) is 14.2 Å². The standard InChI is InChI=1S/C11H12O2S/c1-7-9(12-2)5-4-8-6-10(13-3)14-11(7)8/h4-6H,1-3H3. The zero-order valence-electron chi connectivity index (χ0n) is 8.46. The highest BCUT2D eigenvalue weighted by atomic mass is 32.1. The van der Waals surface area contributed by atoms with Crippen LogP contribution >= 0.6 is 11.3 Å². The Morgan fingerprint density at radius 2 is 1.93 bits per heavy atom. The lowest BCUT2D eigenvalue weighted by molar-refractivity contribution is 0.412. The average molecular weight is 208 g/mol. The first-order chi connectivity index (χ1) is 6.76. The minimum atomic E-state index is 0.932. The molecule has 1 aromatic heterocycles. The van der Waals surface area contributed by atoms with E-state index in [1.165, 1.54) is 15.6 Å². The molecule has 0 atom stereocenters. The molecule has 1 aromatic carbocycles. The van der Waals surface area contributed by atoms with Gasteiger partial charge in [-0.15, -0.1) is 0 Å². The van der Waals surface area contributed by atoms with Crippen LogP contribution < -0.4 is 9.47 Å². The predicted octanol–water partition coefficient (Wildman–Crippen LogP) is 3.23. The summed E-state index contributed by atoms with van der Waals surface area (Å²) in [4.78, 5) is 0. The van der Waals surface area contributed by atoms with Gasteiger partial charge in [-0.05, 0) is 30.5 Å². The lowest BCUT2D eigenvalue weighted by Gasteiger charge is -2.03. The van der Waals surface area contributed by atoms with Crippen molar-refractivity contribution in [3.05, 3.63) is 23.8 Å². The van der Waals surface area contributed by atoms with Crippen LogP contribution in [0, 0.1) is 6.92 Å². The lowest BCUT2D eigenvalue weighted by atomic mass is 10.2. The van der Waals surface area contributed by atoms with Gasteiger partial charge < -0.3 is 9.47 Å². The van der Waals surface area contributed by atoms with Crippen LogP contribution in [0.3, 0.4) is 0 Å². The molecule has 0 aliphatic rings. The Labute approximate surface area is 87.1 Å². The molecule has 1 heterocycles. The number of fused-ring (bicyclic) bond motifs is 1. The number of rotatable bonds is 2. The summed E-state index contributed by atoms with van der Waals surface area (Å²) in [7, 11) is 3.39. The molecule has 0 bridgehead atoms. The summed E-state index contributed by atoms with van der Waals surface area (Å²) in [6, 6.07) is 6.09. The van der Waals surface area contributed by atoms with Gasteiger partial charge in [0.1, 0.15) is 5.75 Å². The van der Waals surface area contributed by atoms with Crippen molar-refractivity contribution in [2.24, 2.45) is 0 Å². The van der Waals surface area contributed by atoms with E-state index < -0.39 is 0 Å². The Kier molecular flexibility index (Phi) is 2.33. The fourth-order valence-corrected chi connectivity index (χ4v) is 2.49. The summed E-state index contributed by atoms with van der Waals surface area (Å²) >= 11 is 1.65. The highest BCUT2D eigenvalue weighted by Gasteiger charge is 2.07. The number of benzene rings is 1. The second kappa shape index (κ2) is 3.50. The Morgan fingerprint density at radius 3 is 2.57 bits per heavy atom. The third kappa shape index (κ3) is 1.34. The van der Waals surface area contributed by atoms with Gasteiger partial charge in [0.05, 0.1) is 14.2 Å². The average Bonchev–Trinajstić information content (AvgIpc) is 2.62. The molecule has 0 spiro atoms. The van der Waals surface area contributed by atoms with E-state index in [-0.39, 0.29) is 0 Å². The smallest absolute Gasteiger partial charge is 0.174 e. The van der Waals surface area contributed by atoms with E-state index in [9.17, 15) is 0 Å². The zero-order chi connectivity index (χ0) is 10.1. The molecule has 0 radical (unpaired) electrons. The second-order valence-electron chi connectivity index (χ2n) is 3.08. The van der Waals surface area contributed by atoms with E-state index in [0.717, 1.165) is 10.8 Å². The molecule has 0 aliphatic carbocycles. The van der Waals surface area contributed by atoms with Gasteiger partial charge >= 0.3 is 0 Å². The fourth-order valence-electron chi connectivity index (χ4n) is 1.52. The maximum absolute atomic E-state index is 5.26. The van der Waals surface area contributed by atoms with Gasteiger partial charge in [0, 0.05) is 10.3 Å². The van der Waals surface area contributed by atoms with Gasteiger partial charge in [-0.3, -0.25) is 0 Å². The van der Waals surface area contributed by atoms with E-state index in [0.29, 0.717) is 0 Å². The molecule has 2 aromatic rings. The molecule has 0 N–H and O–H groups in total. The first-order valence-corrected chi connectivity index (χ1v) is 5.19. The zero-order valence-corrected chi connectivity index (χ0v) is 9.27. The third-order valence-electron chi connectivity index (χ3n) is 2.28. The molecule has 74 valence electrons. The van der Waals surface area contributed by atoms with Crippen molar-refractivity contribution in [1.29, 1.82) is 0 Å². The quantitative estimate of drug-likeness (QED) is 0.754. The summed E-state index contributed by atoms with van der Waals surface area (Å²) in [5, 5.41) is 2.15. The van der Waals surface area contributed by atoms with Crippen LogP contribution in [0.5, 0.6) is 10.8 Å². The monoisotopic (exact) mass is 208 g/mol. The summed E-state index contributed by atoms with van der Waals surface area (Å²) in [6.07, 6.45) is 0. The third-order valence-corrected chi connectivity index (χ3v) is 3.52. The fraction of sp³-hybridized carbons (Fsp3) is 0.273. The van der Waals surface area contributed by atoms with Crippen LogP contribution in [0.1, 0.15) is 5.56 Å². The molecule has 3 heteroatoms.